The van der Waals surface area contributed by atoms with Gasteiger partial charge in [-0.25, -0.2) is 0 Å². The van der Waals surface area contributed by atoms with Crippen molar-refractivity contribution in [2.75, 3.05) is 13.1 Å². The van der Waals surface area contributed by atoms with E-state index in [1.807, 2.05) is 30.9 Å². The van der Waals surface area contributed by atoms with Gasteiger partial charge in [0.1, 0.15) is 5.75 Å². The van der Waals surface area contributed by atoms with Gasteiger partial charge < -0.3 is 15.0 Å². The van der Waals surface area contributed by atoms with E-state index in [1.54, 1.807) is 0 Å². The molecule has 1 fully saturated rings. The van der Waals surface area contributed by atoms with E-state index in [4.69, 9.17) is 4.74 Å². The van der Waals surface area contributed by atoms with Crippen LogP contribution in [0.2, 0.25) is 0 Å². The Labute approximate surface area is 127 Å². The fourth-order valence-corrected chi connectivity index (χ4v) is 2.59. The number of hydrogen-bond acceptors (Lipinski definition) is 3. The summed E-state index contributed by atoms with van der Waals surface area (Å²) in [6.45, 7) is 8.67. The lowest BCUT2D eigenvalue weighted by atomic mass is 10.2. The molecule has 0 aromatic heterocycles. The van der Waals surface area contributed by atoms with Crippen LogP contribution in [0.25, 0.3) is 0 Å². The Morgan fingerprint density at radius 2 is 2.14 bits per heavy atom. The Bertz CT molecular complexity index is 474. The minimum absolute atomic E-state index is 0.188. The Balaban J connectivity index is 1.80. The van der Waals surface area contributed by atoms with Crippen molar-refractivity contribution in [3.8, 4) is 5.75 Å². The monoisotopic (exact) mass is 290 g/mol. The highest BCUT2D eigenvalue weighted by molar-refractivity contribution is 5.78. The number of rotatable bonds is 7. The quantitative estimate of drug-likeness (QED) is 0.839. The minimum Gasteiger partial charge on any atom is -0.491 e. The third-order valence-corrected chi connectivity index (χ3v) is 3.59. The van der Waals surface area contributed by atoms with Crippen LogP contribution in [0.1, 0.15) is 39.2 Å². The molecule has 0 bridgehead atoms. The van der Waals surface area contributed by atoms with Crippen LogP contribution >= 0.6 is 0 Å². The van der Waals surface area contributed by atoms with Crippen LogP contribution in [0, 0.1) is 0 Å². The van der Waals surface area contributed by atoms with Gasteiger partial charge in [-0.15, -0.1) is 0 Å². The Hall–Kier alpha value is -1.55. The van der Waals surface area contributed by atoms with Gasteiger partial charge in [-0.2, -0.15) is 0 Å². The van der Waals surface area contributed by atoms with Crippen LogP contribution in [-0.2, 0) is 11.3 Å². The molecule has 1 amide bonds. The highest BCUT2D eigenvalue weighted by atomic mass is 16.5. The maximum absolute atomic E-state index is 11.6. The summed E-state index contributed by atoms with van der Waals surface area (Å²) in [5.74, 6) is 1.20. The zero-order chi connectivity index (χ0) is 15.2. The molecule has 1 aromatic rings. The third-order valence-electron chi connectivity index (χ3n) is 3.59. The van der Waals surface area contributed by atoms with Gasteiger partial charge in [0.2, 0.25) is 5.91 Å². The Kier molecular flexibility index (Phi) is 5.62. The van der Waals surface area contributed by atoms with Gasteiger partial charge in [-0.1, -0.05) is 12.1 Å². The molecular formula is C17H26N2O2. The van der Waals surface area contributed by atoms with Crippen molar-refractivity contribution in [2.24, 2.45) is 0 Å². The summed E-state index contributed by atoms with van der Waals surface area (Å²) < 4.78 is 5.70. The number of amides is 1. The van der Waals surface area contributed by atoms with E-state index in [2.05, 4.69) is 24.4 Å². The third kappa shape index (κ3) is 5.05. The first-order valence-corrected chi connectivity index (χ1v) is 7.81. The van der Waals surface area contributed by atoms with Crippen LogP contribution in [-0.4, -0.2) is 36.0 Å². The summed E-state index contributed by atoms with van der Waals surface area (Å²) in [6.07, 6.45) is 1.90. The molecule has 1 heterocycles. The number of carbonyl (C=O) groups excluding carboxylic acids is 1. The van der Waals surface area contributed by atoms with Crippen LogP contribution in [0.3, 0.4) is 0 Å². The molecule has 1 aliphatic heterocycles. The summed E-state index contributed by atoms with van der Waals surface area (Å²) >= 11 is 0. The first kappa shape index (κ1) is 15.8. The van der Waals surface area contributed by atoms with E-state index in [-0.39, 0.29) is 12.0 Å². The van der Waals surface area contributed by atoms with E-state index < -0.39 is 0 Å². The fourth-order valence-electron chi connectivity index (χ4n) is 2.59. The van der Waals surface area contributed by atoms with Gasteiger partial charge in [0, 0.05) is 32.1 Å². The smallest absolute Gasteiger partial charge is 0.222 e. The lowest BCUT2D eigenvalue weighted by Crippen LogP contribution is -2.39. The second-order valence-electron chi connectivity index (χ2n) is 6.04. The first-order chi connectivity index (χ1) is 10.0. The van der Waals surface area contributed by atoms with Crippen LogP contribution in [0.5, 0.6) is 5.75 Å². The predicted molar refractivity (Wildman–Crippen MR) is 84.3 cm³/mol. The number of benzene rings is 1. The second kappa shape index (κ2) is 7.46. The maximum atomic E-state index is 11.6. The number of ether oxygens (including phenoxy) is 1. The summed E-state index contributed by atoms with van der Waals surface area (Å²) in [5, 5.41) is 3.48. The van der Waals surface area contributed by atoms with Crippen molar-refractivity contribution in [2.45, 2.75) is 52.3 Å². The van der Waals surface area contributed by atoms with E-state index in [9.17, 15) is 4.79 Å². The van der Waals surface area contributed by atoms with Gasteiger partial charge in [0.15, 0.2) is 0 Å². The van der Waals surface area contributed by atoms with Crippen molar-refractivity contribution in [1.82, 2.24) is 10.2 Å². The number of carbonyl (C=O) groups is 1. The maximum Gasteiger partial charge on any atom is 0.222 e. The van der Waals surface area contributed by atoms with E-state index in [1.165, 1.54) is 5.56 Å². The SMILES string of the molecule is CC(CN1CCCC1=O)NCc1cccc(OC(C)C)c1. The van der Waals surface area contributed by atoms with Gasteiger partial charge >= 0.3 is 0 Å². The summed E-state index contributed by atoms with van der Waals surface area (Å²) in [6, 6.07) is 8.45. The molecule has 0 radical (unpaired) electrons. The molecule has 116 valence electrons. The molecule has 0 spiro atoms. The number of likely N-dealkylation sites (tertiary alicyclic amines) is 1. The average molecular weight is 290 g/mol. The van der Waals surface area contributed by atoms with Crippen molar-refractivity contribution in [3.63, 3.8) is 0 Å². The fraction of sp³-hybridized carbons (Fsp3) is 0.588. The second-order valence-corrected chi connectivity index (χ2v) is 6.04. The number of hydrogen-bond donors (Lipinski definition) is 1. The normalized spacial score (nSPS) is 16.6. The molecule has 0 aliphatic carbocycles. The average Bonchev–Trinajstić information content (AvgIpc) is 2.82. The highest BCUT2D eigenvalue weighted by Gasteiger charge is 2.21. The van der Waals surface area contributed by atoms with E-state index >= 15 is 0 Å². The largest absolute Gasteiger partial charge is 0.491 e. The summed E-state index contributed by atoms with van der Waals surface area (Å²) in [7, 11) is 0. The van der Waals surface area contributed by atoms with E-state index in [0.29, 0.717) is 12.5 Å². The van der Waals surface area contributed by atoms with Gasteiger partial charge in [-0.3, -0.25) is 4.79 Å². The van der Waals surface area contributed by atoms with Gasteiger partial charge in [0.05, 0.1) is 6.10 Å². The van der Waals surface area contributed by atoms with Crippen LogP contribution in [0.4, 0.5) is 0 Å². The van der Waals surface area contributed by atoms with E-state index in [0.717, 1.165) is 31.8 Å². The highest BCUT2D eigenvalue weighted by Crippen LogP contribution is 2.15. The molecule has 2 rings (SSSR count). The van der Waals surface area contributed by atoms with Gasteiger partial charge in [0.25, 0.3) is 0 Å². The first-order valence-electron chi connectivity index (χ1n) is 7.81. The van der Waals surface area contributed by atoms with Gasteiger partial charge in [-0.05, 0) is 44.9 Å². The molecular weight excluding hydrogens is 264 g/mol. The standard InChI is InChI=1S/C17H26N2O2/c1-13(2)21-16-7-4-6-15(10-16)11-18-14(3)12-19-9-5-8-17(19)20/h4,6-7,10,13-14,18H,5,8-9,11-12H2,1-3H3. The number of nitrogens with one attached hydrogen (secondary N) is 1. The molecule has 1 atom stereocenters. The van der Waals surface area contributed by atoms with Crippen LogP contribution < -0.4 is 10.1 Å². The Morgan fingerprint density at radius 3 is 2.81 bits per heavy atom. The number of nitrogens with zero attached hydrogens (tertiary/aromatic N) is 1. The summed E-state index contributed by atoms with van der Waals surface area (Å²) in [4.78, 5) is 13.6. The molecule has 0 saturated carbocycles. The molecule has 1 aliphatic rings. The zero-order valence-corrected chi connectivity index (χ0v) is 13.3. The molecule has 1 N–H and O–H groups in total. The predicted octanol–water partition coefficient (Wildman–Crippen LogP) is 2.57. The topological polar surface area (TPSA) is 41.6 Å². The molecule has 1 saturated heterocycles. The zero-order valence-electron chi connectivity index (χ0n) is 13.3. The molecule has 1 aromatic carbocycles. The molecule has 21 heavy (non-hydrogen) atoms. The van der Waals surface area contributed by atoms with Crippen LogP contribution in [0.15, 0.2) is 24.3 Å². The van der Waals surface area contributed by atoms with Crippen molar-refractivity contribution < 1.29 is 9.53 Å². The molecule has 4 heteroatoms. The molecule has 4 nitrogen and oxygen atoms in total. The van der Waals surface area contributed by atoms with Crippen molar-refractivity contribution in [1.29, 1.82) is 0 Å². The Morgan fingerprint density at radius 1 is 1.33 bits per heavy atom. The minimum atomic E-state index is 0.188. The van der Waals surface area contributed by atoms with Crippen molar-refractivity contribution >= 4 is 5.91 Å². The molecule has 1 unspecified atom stereocenters. The lowest BCUT2D eigenvalue weighted by molar-refractivity contribution is -0.127. The lowest BCUT2D eigenvalue weighted by Gasteiger charge is -2.22. The summed E-state index contributed by atoms with van der Waals surface area (Å²) in [5.41, 5.74) is 1.20. The van der Waals surface area contributed by atoms with Crippen molar-refractivity contribution in [3.05, 3.63) is 29.8 Å².